The van der Waals surface area contributed by atoms with Crippen LogP contribution in [0.3, 0.4) is 0 Å². The minimum Gasteiger partial charge on any atom is -0.454 e. The van der Waals surface area contributed by atoms with Gasteiger partial charge >= 0.3 is 0 Å². The summed E-state index contributed by atoms with van der Waals surface area (Å²) in [5.74, 6) is 1.92. The summed E-state index contributed by atoms with van der Waals surface area (Å²) >= 11 is 0. The lowest BCUT2D eigenvalue weighted by molar-refractivity contribution is -0.122. The van der Waals surface area contributed by atoms with Gasteiger partial charge in [0.1, 0.15) is 0 Å². The van der Waals surface area contributed by atoms with Crippen LogP contribution in [0.25, 0.3) is 0 Å². The molecule has 0 aromatic heterocycles. The first-order chi connectivity index (χ1) is 10.2. The molecule has 5 nitrogen and oxygen atoms in total. The number of rotatable bonds is 4. The van der Waals surface area contributed by atoms with E-state index in [4.69, 9.17) is 15.2 Å². The van der Waals surface area contributed by atoms with E-state index < -0.39 is 0 Å². The van der Waals surface area contributed by atoms with Crippen molar-refractivity contribution in [1.82, 2.24) is 5.32 Å². The second-order valence-electron chi connectivity index (χ2n) is 5.88. The van der Waals surface area contributed by atoms with E-state index in [0.29, 0.717) is 18.9 Å². The monoisotopic (exact) mass is 290 g/mol. The number of carbonyl (C=O) groups is 1. The lowest BCUT2D eigenvalue weighted by Gasteiger charge is -2.27. The first-order valence-electron chi connectivity index (χ1n) is 7.63. The van der Waals surface area contributed by atoms with Crippen molar-refractivity contribution in [2.45, 2.75) is 44.7 Å². The number of nitrogens with two attached hydrogens (primary N) is 1. The largest absolute Gasteiger partial charge is 0.454 e. The van der Waals surface area contributed by atoms with E-state index in [1.165, 1.54) is 12.8 Å². The number of hydrogen-bond donors (Lipinski definition) is 2. The Morgan fingerprint density at radius 2 is 2.05 bits per heavy atom. The highest BCUT2D eigenvalue weighted by Gasteiger charge is 2.24. The van der Waals surface area contributed by atoms with Gasteiger partial charge in [-0.3, -0.25) is 4.79 Å². The van der Waals surface area contributed by atoms with Crippen LogP contribution >= 0.6 is 0 Å². The van der Waals surface area contributed by atoms with Crippen LogP contribution in [0.1, 0.15) is 37.7 Å². The third-order valence-electron chi connectivity index (χ3n) is 4.34. The number of ether oxygens (including phenoxy) is 2. The van der Waals surface area contributed by atoms with Crippen molar-refractivity contribution >= 4 is 5.91 Å². The number of fused-ring (bicyclic) bond motifs is 1. The van der Waals surface area contributed by atoms with E-state index in [1.54, 1.807) is 0 Å². The Morgan fingerprint density at radius 3 is 2.90 bits per heavy atom. The Bertz CT molecular complexity index is 518. The number of hydrogen-bond acceptors (Lipinski definition) is 4. The number of carbonyl (C=O) groups excluding carboxylic acids is 1. The lowest BCUT2D eigenvalue weighted by atomic mass is 9.83. The molecule has 0 radical (unpaired) electrons. The predicted molar refractivity (Wildman–Crippen MR) is 79.0 cm³/mol. The summed E-state index contributed by atoms with van der Waals surface area (Å²) in [6.07, 6.45) is 5.02. The van der Waals surface area contributed by atoms with Gasteiger partial charge in [-0.2, -0.15) is 0 Å². The van der Waals surface area contributed by atoms with Gasteiger partial charge < -0.3 is 20.5 Å². The fourth-order valence-corrected chi connectivity index (χ4v) is 3.05. The molecule has 1 aliphatic heterocycles. The third-order valence-corrected chi connectivity index (χ3v) is 4.34. The summed E-state index contributed by atoms with van der Waals surface area (Å²) in [4.78, 5) is 12.0. The molecule has 1 aromatic carbocycles. The molecule has 1 amide bonds. The molecule has 3 rings (SSSR count). The quantitative estimate of drug-likeness (QED) is 0.888. The molecule has 5 heteroatoms. The van der Waals surface area contributed by atoms with Crippen molar-refractivity contribution in [2.75, 3.05) is 6.79 Å². The summed E-state index contributed by atoms with van der Waals surface area (Å²) in [6, 6.07) is 5.91. The van der Waals surface area contributed by atoms with Crippen LogP contribution < -0.4 is 20.5 Å². The van der Waals surface area contributed by atoms with Gasteiger partial charge in [0, 0.05) is 19.0 Å². The molecule has 2 atom stereocenters. The molecular formula is C16H22N2O3. The van der Waals surface area contributed by atoms with Gasteiger partial charge in [-0.25, -0.2) is 0 Å². The Hall–Kier alpha value is -1.75. The number of amides is 1. The van der Waals surface area contributed by atoms with Crippen LogP contribution in [0.4, 0.5) is 0 Å². The summed E-state index contributed by atoms with van der Waals surface area (Å²) in [6.45, 7) is 0.780. The molecule has 1 heterocycles. The van der Waals surface area contributed by atoms with Crippen molar-refractivity contribution < 1.29 is 14.3 Å². The molecule has 3 N–H and O–H groups in total. The van der Waals surface area contributed by atoms with Gasteiger partial charge in [0.05, 0.1) is 0 Å². The number of nitrogens with one attached hydrogen (secondary N) is 1. The van der Waals surface area contributed by atoms with Gasteiger partial charge in [-0.15, -0.1) is 0 Å². The topological polar surface area (TPSA) is 73.6 Å². The highest BCUT2D eigenvalue weighted by Crippen LogP contribution is 2.32. The van der Waals surface area contributed by atoms with Gasteiger partial charge in [0.15, 0.2) is 11.5 Å². The standard InChI is InChI=1S/C16H22N2O3/c17-13-4-2-1-3-12(13)8-16(19)18-9-11-5-6-14-15(7-11)21-10-20-14/h5-7,12-13H,1-4,8-10,17H2,(H,18,19). The fourth-order valence-electron chi connectivity index (χ4n) is 3.05. The van der Waals surface area contributed by atoms with Crippen LogP contribution in [0.5, 0.6) is 11.5 Å². The summed E-state index contributed by atoms with van der Waals surface area (Å²) in [7, 11) is 0. The number of benzene rings is 1. The SMILES string of the molecule is NC1CCCCC1CC(=O)NCc1ccc2c(c1)OCO2. The average molecular weight is 290 g/mol. The fraction of sp³-hybridized carbons (Fsp3) is 0.562. The van der Waals surface area contributed by atoms with E-state index in [2.05, 4.69) is 5.32 Å². The maximum absolute atomic E-state index is 12.0. The molecule has 0 spiro atoms. The van der Waals surface area contributed by atoms with Gasteiger partial charge in [0.2, 0.25) is 12.7 Å². The van der Waals surface area contributed by atoms with E-state index in [-0.39, 0.29) is 18.7 Å². The van der Waals surface area contributed by atoms with E-state index >= 15 is 0 Å². The highest BCUT2D eigenvalue weighted by atomic mass is 16.7. The Balaban J connectivity index is 1.49. The van der Waals surface area contributed by atoms with Crippen molar-refractivity contribution in [3.05, 3.63) is 23.8 Å². The van der Waals surface area contributed by atoms with Gasteiger partial charge in [-0.1, -0.05) is 18.9 Å². The van der Waals surface area contributed by atoms with Gasteiger partial charge in [0.25, 0.3) is 0 Å². The van der Waals surface area contributed by atoms with Crippen molar-refractivity contribution in [1.29, 1.82) is 0 Å². The minimum absolute atomic E-state index is 0.0787. The third kappa shape index (κ3) is 3.47. The molecular weight excluding hydrogens is 268 g/mol. The first-order valence-corrected chi connectivity index (χ1v) is 7.63. The van der Waals surface area contributed by atoms with Crippen LogP contribution in [0, 0.1) is 5.92 Å². The van der Waals surface area contributed by atoms with Crippen molar-refractivity contribution in [3.8, 4) is 11.5 Å². The molecule has 1 fully saturated rings. The molecule has 114 valence electrons. The Morgan fingerprint density at radius 1 is 1.24 bits per heavy atom. The molecule has 1 aliphatic carbocycles. The molecule has 1 aromatic rings. The van der Waals surface area contributed by atoms with E-state index in [9.17, 15) is 4.79 Å². The molecule has 0 bridgehead atoms. The first kappa shape index (κ1) is 14.2. The second kappa shape index (κ2) is 6.35. The summed E-state index contributed by atoms with van der Waals surface area (Å²) < 4.78 is 10.6. The lowest BCUT2D eigenvalue weighted by Crippen LogP contribution is -2.36. The summed E-state index contributed by atoms with van der Waals surface area (Å²) in [5, 5.41) is 2.97. The van der Waals surface area contributed by atoms with Crippen LogP contribution in [0.15, 0.2) is 18.2 Å². The zero-order chi connectivity index (χ0) is 14.7. The predicted octanol–water partition coefficient (Wildman–Crippen LogP) is 1.94. The van der Waals surface area contributed by atoms with E-state index in [0.717, 1.165) is 29.9 Å². The Labute approximate surface area is 124 Å². The van der Waals surface area contributed by atoms with Crippen LogP contribution in [-0.2, 0) is 11.3 Å². The average Bonchev–Trinajstić information content (AvgIpc) is 2.95. The van der Waals surface area contributed by atoms with Crippen molar-refractivity contribution in [3.63, 3.8) is 0 Å². The zero-order valence-corrected chi connectivity index (χ0v) is 12.1. The molecule has 1 saturated carbocycles. The second-order valence-corrected chi connectivity index (χ2v) is 5.88. The Kier molecular flexibility index (Phi) is 4.29. The van der Waals surface area contributed by atoms with E-state index in [1.807, 2.05) is 18.2 Å². The van der Waals surface area contributed by atoms with Gasteiger partial charge in [-0.05, 0) is 36.5 Å². The van der Waals surface area contributed by atoms with Crippen LogP contribution in [0.2, 0.25) is 0 Å². The van der Waals surface area contributed by atoms with Crippen molar-refractivity contribution in [2.24, 2.45) is 11.7 Å². The maximum Gasteiger partial charge on any atom is 0.231 e. The zero-order valence-electron chi connectivity index (χ0n) is 12.1. The smallest absolute Gasteiger partial charge is 0.231 e. The maximum atomic E-state index is 12.0. The van der Waals surface area contributed by atoms with Crippen LogP contribution in [-0.4, -0.2) is 18.7 Å². The molecule has 2 aliphatic rings. The molecule has 21 heavy (non-hydrogen) atoms. The highest BCUT2D eigenvalue weighted by molar-refractivity contribution is 5.76. The molecule has 0 saturated heterocycles. The molecule has 2 unspecified atom stereocenters. The normalized spacial score (nSPS) is 23.9. The minimum atomic E-state index is 0.0787. The summed E-state index contributed by atoms with van der Waals surface area (Å²) in [5.41, 5.74) is 7.10.